The number of carbonyl (C=O) groups excluding carboxylic acids is 1. The minimum Gasteiger partial charge on any atom is -0.347 e. The Kier molecular flexibility index (Phi) is 7.21. The number of nitriles is 1. The van der Waals surface area contributed by atoms with Gasteiger partial charge < -0.3 is 9.88 Å². The molecule has 1 saturated heterocycles. The third-order valence-corrected chi connectivity index (χ3v) is 6.56. The van der Waals surface area contributed by atoms with Crippen molar-refractivity contribution in [1.29, 1.82) is 5.26 Å². The number of piperazine rings is 1. The highest BCUT2D eigenvalue weighted by Gasteiger charge is 2.40. The van der Waals surface area contributed by atoms with Crippen molar-refractivity contribution in [3.63, 3.8) is 0 Å². The lowest BCUT2D eigenvalue weighted by atomic mass is 9.92. The van der Waals surface area contributed by atoms with Gasteiger partial charge in [0.2, 0.25) is 5.91 Å². The molecule has 2 atom stereocenters. The van der Waals surface area contributed by atoms with E-state index < -0.39 is 0 Å². The molecule has 4 rings (SSSR count). The maximum Gasteiger partial charge on any atom is 0.244 e. The largest absolute Gasteiger partial charge is 0.347 e. The highest BCUT2D eigenvalue weighted by molar-refractivity contribution is 5.84. The Balaban J connectivity index is 1.72. The number of unbranched alkanes of at least 4 members (excludes halogenated alkanes) is 1. The molecule has 2 unspecified atom stereocenters. The van der Waals surface area contributed by atoms with Crippen LogP contribution in [0.1, 0.15) is 59.8 Å². The minimum atomic E-state index is -0.344. The van der Waals surface area contributed by atoms with Crippen molar-refractivity contribution in [1.82, 2.24) is 19.8 Å². The molecule has 170 valence electrons. The highest BCUT2D eigenvalue weighted by atomic mass is 16.2. The van der Waals surface area contributed by atoms with Gasteiger partial charge in [0, 0.05) is 25.8 Å². The number of benzene rings is 2. The number of aromatic amines is 1. The van der Waals surface area contributed by atoms with Crippen LogP contribution in [0.3, 0.4) is 0 Å². The van der Waals surface area contributed by atoms with Gasteiger partial charge >= 0.3 is 0 Å². The van der Waals surface area contributed by atoms with E-state index in [1.54, 1.807) is 6.33 Å². The first-order valence-electron chi connectivity index (χ1n) is 11.7. The summed E-state index contributed by atoms with van der Waals surface area (Å²) in [6.07, 6.45) is 6.36. The predicted octanol–water partition coefficient (Wildman–Crippen LogP) is 4.56. The Bertz CT molecular complexity index is 1100. The Hall–Kier alpha value is -3.43. The molecule has 0 aliphatic carbocycles. The van der Waals surface area contributed by atoms with E-state index in [0.717, 1.165) is 61.3 Å². The average Bonchev–Trinajstić information content (AvgIpc) is 3.37. The summed E-state index contributed by atoms with van der Waals surface area (Å²) in [6, 6.07) is 17.7. The summed E-state index contributed by atoms with van der Waals surface area (Å²) < 4.78 is 0. The van der Waals surface area contributed by atoms with Crippen LogP contribution >= 0.6 is 0 Å². The summed E-state index contributed by atoms with van der Waals surface area (Å²) in [6.45, 7) is 6.55. The third-order valence-electron chi connectivity index (χ3n) is 6.56. The van der Waals surface area contributed by atoms with Gasteiger partial charge in [-0.3, -0.25) is 9.69 Å². The fourth-order valence-corrected chi connectivity index (χ4v) is 4.70. The number of imidazole rings is 1. The second-order valence-electron chi connectivity index (χ2n) is 8.71. The topological polar surface area (TPSA) is 76.0 Å². The average molecular weight is 442 g/mol. The number of nitrogens with one attached hydrogen (secondary N) is 1. The zero-order chi connectivity index (χ0) is 23.2. The quantitative estimate of drug-likeness (QED) is 0.556. The normalized spacial score (nSPS) is 17.7. The highest BCUT2D eigenvalue weighted by Crippen LogP contribution is 2.37. The second-order valence-corrected chi connectivity index (χ2v) is 8.71. The van der Waals surface area contributed by atoms with Crippen LogP contribution < -0.4 is 0 Å². The lowest BCUT2D eigenvalue weighted by molar-refractivity contribution is -0.144. The number of H-pyrrole nitrogens is 1. The summed E-state index contributed by atoms with van der Waals surface area (Å²) in [5, 5.41) is 9.15. The number of rotatable bonds is 8. The summed E-state index contributed by atoms with van der Waals surface area (Å²) in [5.41, 5.74) is 4.95. The Morgan fingerprint density at radius 3 is 2.64 bits per heavy atom. The molecule has 0 radical (unpaired) electrons. The molecule has 33 heavy (non-hydrogen) atoms. The van der Waals surface area contributed by atoms with Gasteiger partial charge in [0.05, 0.1) is 29.7 Å². The van der Waals surface area contributed by atoms with Crippen LogP contribution in [0.4, 0.5) is 0 Å². The molecule has 1 aliphatic heterocycles. The molecule has 0 saturated carbocycles. The monoisotopic (exact) mass is 441 g/mol. The van der Waals surface area contributed by atoms with Crippen LogP contribution in [0.15, 0.2) is 61.1 Å². The van der Waals surface area contributed by atoms with Crippen molar-refractivity contribution in [2.75, 3.05) is 19.6 Å². The van der Waals surface area contributed by atoms with Crippen LogP contribution in [0.2, 0.25) is 0 Å². The van der Waals surface area contributed by atoms with E-state index in [4.69, 9.17) is 5.26 Å². The van der Waals surface area contributed by atoms with Crippen molar-refractivity contribution in [3.8, 4) is 6.07 Å². The van der Waals surface area contributed by atoms with Crippen molar-refractivity contribution in [3.05, 3.63) is 89.0 Å². The third kappa shape index (κ3) is 4.99. The smallest absolute Gasteiger partial charge is 0.244 e. The molecule has 2 aromatic carbocycles. The second kappa shape index (κ2) is 10.5. The Morgan fingerprint density at radius 1 is 1.18 bits per heavy atom. The lowest BCUT2D eigenvalue weighted by Gasteiger charge is -2.45. The number of aryl methyl sites for hydroxylation is 1. The van der Waals surface area contributed by atoms with E-state index in [-0.39, 0.29) is 18.0 Å². The van der Waals surface area contributed by atoms with Crippen LogP contribution in [-0.2, 0) is 11.2 Å². The molecule has 1 N–H and O–H groups in total. The van der Waals surface area contributed by atoms with E-state index in [2.05, 4.69) is 46.9 Å². The van der Waals surface area contributed by atoms with E-state index in [1.807, 2.05) is 47.5 Å². The SMILES string of the molecule is CCCCN1CCN(C(Cc2ccc(C#N)cc2)c2cnc[nH]2)C(c2ccccc2C)C1=O. The number of nitrogens with zero attached hydrogens (tertiary/aromatic N) is 4. The molecule has 1 aromatic heterocycles. The summed E-state index contributed by atoms with van der Waals surface area (Å²) in [7, 11) is 0. The zero-order valence-corrected chi connectivity index (χ0v) is 19.4. The van der Waals surface area contributed by atoms with Gasteiger partial charge in [0.25, 0.3) is 0 Å². The van der Waals surface area contributed by atoms with Gasteiger partial charge in [-0.25, -0.2) is 4.98 Å². The van der Waals surface area contributed by atoms with Crippen molar-refractivity contribution in [2.24, 2.45) is 0 Å². The zero-order valence-electron chi connectivity index (χ0n) is 19.4. The maximum absolute atomic E-state index is 13.8. The molecule has 1 amide bonds. The van der Waals surface area contributed by atoms with Crippen LogP contribution in [0.5, 0.6) is 0 Å². The standard InChI is InChI=1S/C27H31N5O/c1-3-4-13-31-14-15-32(26(27(31)33)23-8-6-5-7-20(23)2)25(24-18-29-19-30-24)16-21-9-11-22(17-28)12-10-21/h5-12,18-19,25-26H,3-4,13-16H2,1-2H3,(H,29,30). The molecule has 3 aromatic rings. The van der Waals surface area contributed by atoms with Crippen molar-refractivity contribution >= 4 is 5.91 Å². The first-order chi connectivity index (χ1) is 16.1. The fraction of sp³-hybridized carbons (Fsp3) is 0.370. The van der Waals surface area contributed by atoms with E-state index >= 15 is 0 Å². The Labute approximate surface area is 195 Å². The molecular formula is C27H31N5O. The number of amides is 1. The van der Waals surface area contributed by atoms with Crippen molar-refractivity contribution in [2.45, 2.75) is 45.2 Å². The molecule has 0 spiro atoms. The molecular weight excluding hydrogens is 410 g/mol. The minimum absolute atomic E-state index is 0.0395. The number of hydrogen-bond donors (Lipinski definition) is 1. The first-order valence-corrected chi connectivity index (χ1v) is 11.7. The lowest BCUT2D eigenvalue weighted by Crippen LogP contribution is -2.53. The Morgan fingerprint density at radius 2 is 1.97 bits per heavy atom. The van der Waals surface area contributed by atoms with Gasteiger partial charge in [-0.15, -0.1) is 0 Å². The molecule has 6 nitrogen and oxygen atoms in total. The summed E-state index contributed by atoms with van der Waals surface area (Å²) >= 11 is 0. The number of aromatic nitrogens is 2. The number of hydrogen-bond acceptors (Lipinski definition) is 4. The summed E-state index contributed by atoms with van der Waals surface area (Å²) in [5.74, 6) is 0.174. The van der Waals surface area contributed by atoms with Crippen molar-refractivity contribution < 1.29 is 4.79 Å². The molecule has 6 heteroatoms. The van der Waals surface area contributed by atoms with Gasteiger partial charge in [0.15, 0.2) is 0 Å². The molecule has 1 aliphatic rings. The van der Waals surface area contributed by atoms with Gasteiger partial charge in [-0.2, -0.15) is 5.26 Å². The molecule has 2 heterocycles. The predicted molar refractivity (Wildman–Crippen MR) is 128 cm³/mol. The van der Waals surface area contributed by atoms with Crippen LogP contribution in [0, 0.1) is 18.3 Å². The van der Waals surface area contributed by atoms with Gasteiger partial charge in [-0.1, -0.05) is 49.7 Å². The molecule has 0 bridgehead atoms. The number of carbonyl (C=O) groups is 1. The van der Waals surface area contributed by atoms with Gasteiger partial charge in [-0.05, 0) is 48.6 Å². The fourth-order valence-electron chi connectivity index (χ4n) is 4.70. The van der Waals surface area contributed by atoms with E-state index in [1.165, 1.54) is 0 Å². The first kappa shape index (κ1) is 22.8. The maximum atomic E-state index is 13.8. The molecule has 1 fully saturated rings. The summed E-state index contributed by atoms with van der Waals surface area (Å²) in [4.78, 5) is 25.8. The van der Waals surface area contributed by atoms with E-state index in [9.17, 15) is 4.79 Å². The van der Waals surface area contributed by atoms with Crippen LogP contribution in [-0.4, -0.2) is 45.3 Å². The van der Waals surface area contributed by atoms with Gasteiger partial charge in [0.1, 0.15) is 6.04 Å². The van der Waals surface area contributed by atoms with E-state index in [0.29, 0.717) is 5.56 Å². The van der Waals surface area contributed by atoms with Crippen LogP contribution in [0.25, 0.3) is 0 Å².